The minimum absolute atomic E-state index is 0.0157. The number of carbonyl (C=O) groups excluding carboxylic acids is 2. The van der Waals surface area contributed by atoms with E-state index in [9.17, 15) is 14.7 Å². The van der Waals surface area contributed by atoms with Crippen molar-refractivity contribution in [3.05, 3.63) is 40.5 Å². The first-order valence-corrected chi connectivity index (χ1v) is 10.6. The van der Waals surface area contributed by atoms with E-state index in [0.29, 0.717) is 34.7 Å². The molecular weight excluding hydrogens is 406 g/mol. The van der Waals surface area contributed by atoms with Crippen molar-refractivity contribution >= 4 is 23.5 Å². The Bertz CT molecular complexity index is 917. The summed E-state index contributed by atoms with van der Waals surface area (Å²) in [5, 5.41) is 18.4. The minimum atomic E-state index is -0.861. The Morgan fingerprint density at radius 2 is 1.93 bits per heavy atom. The molecular formula is C22H28ClN3O4. The van der Waals surface area contributed by atoms with Gasteiger partial charge in [-0.2, -0.15) is 5.10 Å². The highest BCUT2D eigenvalue weighted by Crippen LogP contribution is 2.28. The number of hydrogen-bond acceptors (Lipinski definition) is 5. The zero-order chi connectivity index (χ0) is 21.7. The van der Waals surface area contributed by atoms with Crippen LogP contribution in [0.15, 0.2) is 24.3 Å². The van der Waals surface area contributed by atoms with Crippen LogP contribution in [0.4, 0.5) is 0 Å². The van der Waals surface area contributed by atoms with Crippen molar-refractivity contribution in [2.75, 3.05) is 13.7 Å². The Labute approximate surface area is 181 Å². The Morgan fingerprint density at radius 1 is 1.23 bits per heavy atom. The van der Waals surface area contributed by atoms with Crippen LogP contribution in [-0.4, -0.2) is 46.0 Å². The molecule has 7 nitrogen and oxygen atoms in total. The molecule has 1 fully saturated rings. The molecule has 1 aromatic carbocycles. The summed E-state index contributed by atoms with van der Waals surface area (Å²) >= 11 is 6.27. The molecule has 162 valence electrons. The second kappa shape index (κ2) is 9.62. The number of aliphatic hydroxyl groups is 1. The second-order valence-electron chi connectivity index (χ2n) is 7.92. The van der Waals surface area contributed by atoms with Crippen molar-refractivity contribution in [2.24, 2.45) is 0 Å². The van der Waals surface area contributed by atoms with Gasteiger partial charge in [-0.15, -0.1) is 0 Å². The standard InChI is InChI=1S/C22H28ClN3O4/c1-15-11-19(25-26(15)13-20(27)30-2)16-7-8-18(23)17(12-16)21(28)24-14-22(29)9-5-3-4-6-10-22/h7-8,11-12,29H,3-6,9-10,13-14H2,1-2H3,(H,24,28). The van der Waals surface area contributed by atoms with E-state index in [-0.39, 0.29) is 25.0 Å². The van der Waals surface area contributed by atoms with Crippen LogP contribution in [0, 0.1) is 6.92 Å². The number of methoxy groups -OCH3 is 1. The molecule has 1 heterocycles. The van der Waals surface area contributed by atoms with Gasteiger partial charge >= 0.3 is 5.97 Å². The highest BCUT2D eigenvalue weighted by molar-refractivity contribution is 6.34. The maximum Gasteiger partial charge on any atom is 0.327 e. The number of carbonyl (C=O) groups is 2. The molecule has 0 spiro atoms. The third kappa shape index (κ3) is 5.40. The fourth-order valence-corrected chi connectivity index (χ4v) is 3.96. The van der Waals surface area contributed by atoms with Gasteiger partial charge in [0.25, 0.3) is 5.91 Å². The van der Waals surface area contributed by atoms with E-state index in [1.54, 1.807) is 22.9 Å². The molecule has 2 aromatic rings. The lowest BCUT2D eigenvalue weighted by atomic mass is 9.94. The third-order valence-corrected chi connectivity index (χ3v) is 5.94. The lowest BCUT2D eigenvalue weighted by Gasteiger charge is -2.26. The molecule has 1 aromatic heterocycles. The number of nitrogens with zero attached hydrogens (tertiary/aromatic N) is 2. The maximum absolute atomic E-state index is 12.8. The highest BCUT2D eigenvalue weighted by Gasteiger charge is 2.28. The summed E-state index contributed by atoms with van der Waals surface area (Å²) in [6.07, 6.45) is 5.56. The van der Waals surface area contributed by atoms with Crippen molar-refractivity contribution < 1.29 is 19.4 Å². The van der Waals surface area contributed by atoms with E-state index in [1.165, 1.54) is 7.11 Å². The van der Waals surface area contributed by atoms with Crippen LogP contribution in [0.3, 0.4) is 0 Å². The van der Waals surface area contributed by atoms with Crippen LogP contribution in [0.25, 0.3) is 11.3 Å². The Kier molecular flexibility index (Phi) is 7.15. The topological polar surface area (TPSA) is 93.5 Å². The summed E-state index contributed by atoms with van der Waals surface area (Å²) in [7, 11) is 1.33. The highest BCUT2D eigenvalue weighted by atomic mass is 35.5. The molecule has 0 bridgehead atoms. The van der Waals surface area contributed by atoms with Crippen LogP contribution >= 0.6 is 11.6 Å². The van der Waals surface area contributed by atoms with Gasteiger partial charge < -0.3 is 15.2 Å². The van der Waals surface area contributed by atoms with Gasteiger partial charge in [-0.3, -0.25) is 14.3 Å². The second-order valence-corrected chi connectivity index (χ2v) is 8.33. The van der Waals surface area contributed by atoms with E-state index in [1.807, 2.05) is 13.0 Å². The molecule has 1 amide bonds. The fourth-order valence-electron chi connectivity index (χ4n) is 3.76. The quantitative estimate of drug-likeness (QED) is 0.537. The Balaban J connectivity index is 1.75. The normalized spacial score (nSPS) is 16.0. The number of aromatic nitrogens is 2. The summed E-state index contributed by atoms with van der Waals surface area (Å²) < 4.78 is 6.25. The molecule has 0 saturated heterocycles. The summed E-state index contributed by atoms with van der Waals surface area (Å²) in [4.78, 5) is 24.3. The van der Waals surface area contributed by atoms with Gasteiger partial charge in [0.15, 0.2) is 0 Å². The number of aryl methyl sites for hydroxylation is 1. The van der Waals surface area contributed by atoms with Gasteiger partial charge in [0.2, 0.25) is 0 Å². The SMILES string of the molecule is COC(=O)Cn1nc(-c2ccc(Cl)c(C(=O)NCC3(O)CCCCCC3)c2)cc1C. The van der Waals surface area contributed by atoms with Crippen molar-refractivity contribution in [1.82, 2.24) is 15.1 Å². The average Bonchev–Trinajstić information content (AvgIpc) is 2.94. The van der Waals surface area contributed by atoms with Gasteiger partial charge in [0, 0.05) is 17.8 Å². The number of nitrogens with one attached hydrogen (secondary N) is 1. The molecule has 1 saturated carbocycles. The van der Waals surface area contributed by atoms with Crippen LogP contribution < -0.4 is 5.32 Å². The van der Waals surface area contributed by atoms with Crippen LogP contribution in [0.1, 0.15) is 54.6 Å². The first kappa shape index (κ1) is 22.3. The first-order chi connectivity index (χ1) is 14.3. The molecule has 8 heteroatoms. The molecule has 0 aliphatic heterocycles. The zero-order valence-corrected chi connectivity index (χ0v) is 18.2. The summed E-state index contributed by atoms with van der Waals surface area (Å²) in [5.41, 5.74) is 1.60. The number of benzene rings is 1. The van der Waals surface area contributed by atoms with Gasteiger partial charge in [-0.05, 0) is 38.0 Å². The van der Waals surface area contributed by atoms with Crippen molar-refractivity contribution in [2.45, 2.75) is 57.6 Å². The average molecular weight is 434 g/mol. The smallest absolute Gasteiger partial charge is 0.327 e. The minimum Gasteiger partial charge on any atom is -0.468 e. The number of ether oxygens (including phenoxy) is 1. The summed E-state index contributed by atoms with van der Waals surface area (Å²) in [6.45, 7) is 2.07. The molecule has 1 aliphatic carbocycles. The van der Waals surface area contributed by atoms with E-state index in [2.05, 4.69) is 10.4 Å². The van der Waals surface area contributed by atoms with Crippen molar-refractivity contribution in [1.29, 1.82) is 0 Å². The number of esters is 1. The van der Waals surface area contributed by atoms with E-state index in [4.69, 9.17) is 16.3 Å². The van der Waals surface area contributed by atoms with Gasteiger partial charge in [-0.1, -0.05) is 43.4 Å². The lowest BCUT2D eigenvalue weighted by Crippen LogP contribution is -2.42. The molecule has 2 N–H and O–H groups in total. The fraction of sp³-hybridized carbons (Fsp3) is 0.500. The largest absolute Gasteiger partial charge is 0.468 e. The predicted octanol–water partition coefficient (Wildman–Crippen LogP) is 3.50. The van der Waals surface area contributed by atoms with E-state index < -0.39 is 5.60 Å². The molecule has 0 atom stereocenters. The van der Waals surface area contributed by atoms with Crippen molar-refractivity contribution in [3.8, 4) is 11.3 Å². The van der Waals surface area contributed by atoms with Gasteiger partial charge in [0.1, 0.15) is 6.54 Å². The molecule has 30 heavy (non-hydrogen) atoms. The summed E-state index contributed by atoms with van der Waals surface area (Å²) in [5.74, 6) is -0.717. The van der Waals surface area contributed by atoms with Crippen LogP contribution in [-0.2, 0) is 16.1 Å². The Hall–Kier alpha value is -2.38. The number of hydrogen-bond donors (Lipinski definition) is 2. The Morgan fingerprint density at radius 3 is 2.60 bits per heavy atom. The predicted molar refractivity (Wildman–Crippen MR) is 114 cm³/mol. The number of halogens is 1. The van der Waals surface area contributed by atoms with E-state index in [0.717, 1.165) is 31.4 Å². The van der Waals surface area contributed by atoms with Crippen molar-refractivity contribution in [3.63, 3.8) is 0 Å². The maximum atomic E-state index is 12.8. The zero-order valence-electron chi connectivity index (χ0n) is 17.4. The summed E-state index contributed by atoms with van der Waals surface area (Å²) in [6, 6.07) is 6.95. The number of amides is 1. The molecule has 3 rings (SSSR count). The van der Waals surface area contributed by atoms with E-state index >= 15 is 0 Å². The molecule has 1 aliphatic rings. The lowest BCUT2D eigenvalue weighted by molar-refractivity contribution is -0.141. The molecule has 0 unspecified atom stereocenters. The first-order valence-electron chi connectivity index (χ1n) is 10.2. The third-order valence-electron chi connectivity index (χ3n) is 5.61. The van der Waals surface area contributed by atoms with Gasteiger partial charge in [-0.25, -0.2) is 0 Å². The van der Waals surface area contributed by atoms with Gasteiger partial charge in [0.05, 0.1) is 29.0 Å². The molecule has 0 radical (unpaired) electrons. The van der Waals surface area contributed by atoms with Crippen LogP contribution in [0.5, 0.6) is 0 Å². The number of rotatable bonds is 6. The van der Waals surface area contributed by atoms with Crippen LogP contribution in [0.2, 0.25) is 5.02 Å². The monoisotopic (exact) mass is 433 g/mol.